The number of likely N-dealkylation sites (tertiary alicyclic amines) is 1. The summed E-state index contributed by atoms with van der Waals surface area (Å²) in [5, 5.41) is 27.1. The summed E-state index contributed by atoms with van der Waals surface area (Å²) in [6.07, 6.45) is 2.97. The Hall–Kier alpha value is -3.50. The molecule has 3 amide bonds. The Bertz CT molecular complexity index is 1240. The van der Waals surface area contributed by atoms with E-state index in [-0.39, 0.29) is 34.4 Å². The molecule has 190 valence electrons. The largest absolute Gasteiger partial charge is 0.477 e. The Morgan fingerprint density at radius 1 is 1.33 bits per heavy atom. The third-order valence-corrected chi connectivity index (χ3v) is 8.28. The van der Waals surface area contributed by atoms with Crippen LogP contribution in [-0.2, 0) is 19.2 Å². The van der Waals surface area contributed by atoms with E-state index in [2.05, 4.69) is 25.1 Å². The second kappa shape index (κ2) is 9.51. The van der Waals surface area contributed by atoms with Crippen LogP contribution >= 0.6 is 23.3 Å². The molecule has 5 heterocycles. The van der Waals surface area contributed by atoms with Crippen LogP contribution in [0.5, 0.6) is 0 Å². The van der Waals surface area contributed by atoms with E-state index in [0.29, 0.717) is 24.1 Å². The Kier molecular flexibility index (Phi) is 6.40. The summed E-state index contributed by atoms with van der Waals surface area (Å²) in [5.41, 5.74) is 5.67. The number of hydrogen-bond acceptors (Lipinski definition) is 12. The number of amides is 3. The zero-order chi connectivity index (χ0) is 25.6. The molecule has 0 bridgehead atoms. The average molecular weight is 535 g/mol. The molecule has 6 N–H and O–H groups in total. The number of nitrogens with one attached hydrogen (secondary N) is 2. The van der Waals surface area contributed by atoms with Gasteiger partial charge >= 0.3 is 5.97 Å². The smallest absolute Gasteiger partial charge is 0.352 e. The monoisotopic (exact) mass is 534 g/mol. The number of allylic oxidation sites excluding steroid dienone is 1. The summed E-state index contributed by atoms with van der Waals surface area (Å²) < 4.78 is 3.82. The quantitative estimate of drug-likeness (QED) is 0.0939. The molecule has 0 saturated carbocycles. The number of fused-ring (bicyclic) bond motifs is 1. The lowest BCUT2D eigenvalue weighted by atomic mass is 10.0. The van der Waals surface area contributed by atoms with Crippen molar-refractivity contribution in [1.29, 1.82) is 0 Å². The first-order valence-electron chi connectivity index (χ1n) is 11.1. The van der Waals surface area contributed by atoms with Crippen molar-refractivity contribution >= 4 is 57.8 Å². The van der Waals surface area contributed by atoms with E-state index in [1.54, 1.807) is 6.08 Å². The van der Waals surface area contributed by atoms with Gasteiger partial charge in [-0.3, -0.25) is 19.3 Å². The Labute approximate surface area is 212 Å². The lowest BCUT2D eigenvalue weighted by molar-refractivity contribution is -0.150. The van der Waals surface area contributed by atoms with Gasteiger partial charge in [0.15, 0.2) is 5.13 Å². The van der Waals surface area contributed by atoms with E-state index in [4.69, 9.17) is 5.73 Å². The molecule has 0 radical (unpaired) electrons. The number of oxime groups is 1. The Morgan fingerprint density at radius 2 is 2.14 bits per heavy atom. The Balaban J connectivity index is 1.33. The normalized spacial score (nSPS) is 27.5. The van der Waals surface area contributed by atoms with Crippen molar-refractivity contribution in [3.8, 4) is 0 Å². The number of thioether (sulfide) groups is 1. The maximum absolute atomic E-state index is 12.9. The third kappa shape index (κ3) is 4.10. The summed E-state index contributed by atoms with van der Waals surface area (Å²) in [4.78, 5) is 57.3. The SMILES string of the molecule is Nc1nc(/C(=N\O)C(=O)N[C@@H]2C(=O)N3C(C(=O)O)=C(/C=C4/CCN([C@@H]5CCNC5)C4=O)CS[C@H]23)ns1. The molecule has 5 rings (SSSR count). The first kappa shape index (κ1) is 24.2. The zero-order valence-electron chi connectivity index (χ0n) is 18.7. The second-order valence-corrected chi connectivity index (χ2v) is 10.4. The fraction of sp³-hybridized carbons (Fsp3) is 0.450. The first-order valence-corrected chi connectivity index (χ1v) is 12.9. The minimum absolute atomic E-state index is 0.0642. The number of carboxylic acid groups (broad SMARTS) is 1. The van der Waals surface area contributed by atoms with Crippen LogP contribution in [0.4, 0.5) is 5.13 Å². The summed E-state index contributed by atoms with van der Waals surface area (Å²) in [6.45, 7) is 2.17. The highest BCUT2D eigenvalue weighted by molar-refractivity contribution is 8.00. The number of nitrogen functional groups attached to an aromatic ring is 1. The standard InChI is InChI=1S/C20H22N8O6S2/c21-20-24-14(26-36-20)11(25-34)15(29)23-12-17(31)28-13(19(32)33)9(7-35-18(12)28)5-8-2-4-27(16(8)30)10-1-3-22-6-10/h5,10,12,18,22,34H,1-4,6-7H2,(H,23,29)(H,32,33)(H2,21,24,26)/b8-5-,25-11+/t10-,12-,18-/m1/s1. The molecule has 3 fully saturated rings. The molecule has 16 heteroatoms. The molecule has 0 spiro atoms. The number of carboxylic acids is 1. The van der Waals surface area contributed by atoms with Crippen molar-refractivity contribution in [3.63, 3.8) is 0 Å². The molecular weight excluding hydrogens is 512 g/mol. The van der Waals surface area contributed by atoms with E-state index >= 15 is 0 Å². The zero-order valence-corrected chi connectivity index (χ0v) is 20.3. The average Bonchev–Trinajstić information content (AvgIpc) is 3.60. The van der Waals surface area contributed by atoms with Crippen molar-refractivity contribution in [1.82, 2.24) is 29.8 Å². The molecular formula is C20H22N8O6S2. The minimum atomic E-state index is -1.30. The van der Waals surface area contributed by atoms with Crippen LogP contribution in [0.3, 0.4) is 0 Å². The molecule has 1 aromatic rings. The molecule has 36 heavy (non-hydrogen) atoms. The van der Waals surface area contributed by atoms with Crippen LogP contribution in [0.2, 0.25) is 0 Å². The molecule has 0 unspecified atom stereocenters. The Morgan fingerprint density at radius 3 is 2.78 bits per heavy atom. The van der Waals surface area contributed by atoms with Gasteiger partial charge in [0.05, 0.1) is 0 Å². The first-order chi connectivity index (χ1) is 17.3. The molecule has 3 atom stereocenters. The summed E-state index contributed by atoms with van der Waals surface area (Å²) in [6, 6.07) is -0.914. The van der Waals surface area contributed by atoms with Gasteiger partial charge in [-0.25, -0.2) is 4.79 Å². The van der Waals surface area contributed by atoms with Crippen molar-refractivity contribution < 1.29 is 29.5 Å². The number of carbonyl (C=O) groups is 4. The number of rotatable bonds is 6. The van der Waals surface area contributed by atoms with Crippen LogP contribution < -0.4 is 16.4 Å². The molecule has 0 aliphatic carbocycles. The van der Waals surface area contributed by atoms with Gasteiger partial charge in [-0.1, -0.05) is 5.16 Å². The van der Waals surface area contributed by atoms with E-state index in [1.165, 1.54) is 11.8 Å². The van der Waals surface area contributed by atoms with Crippen molar-refractivity contribution in [3.05, 3.63) is 28.7 Å². The summed E-state index contributed by atoms with van der Waals surface area (Å²) in [5.74, 6) is -2.90. The predicted octanol–water partition coefficient (Wildman–Crippen LogP) is -1.44. The van der Waals surface area contributed by atoms with Gasteiger partial charge in [-0.05, 0) is 31.0 Å². The number of nitrogens with zero attached hydrogens (tertiary/aromatic N) is 5. The second-order valence-electron chi connectivity index (χ2n) is 8.51. The number of carbonyl (C=O) groups excluding carboxylic acids is 3. The highest BCUT2D eigenvalue weighted by Crippen LogP contribution is 2.41. The van der Waals surface area contributed by atoms with E-state index in [0.717, 1.165) is 35.9 Å². The highest BCUT2D eigenvalue weighted by atomic mass is 32.2. The fourth-order valence-corrected chi connectivity index (χ4v) is 6.46. The number of nitrogens with two attached hydrogens (primary N) is 1. The fourth-order valence-electron chi connectivity index (χ4n) is 4.72. The lowest BCUT2D eigenvalue weighted by Crippen LogP contribution is -2.71. The van der Waals surface area contributed by atoms with Crippen molar-refractivity contribution in [2.45, 2.75) is 30.3 Å². The maximum atomic E-state index is 12.9. The number of hydrogen-bond donors (Lipinski definition) is 5. The maximum Gasteiger partial charge on any atom is 0.352 e. The van der Waals surface area contributed by atoms with Crippen molar-refractivity contribution in [2.24, 2.45) is 5.16 Å². The van der Waals surface area contributed by atoms with E-state index < -0.39 is 34.9 Å². The van der Waals surface area contributed by atoms with E-state index in [9.17, 15) is 29.5 Å². The van der Waals surface area contributed by atoms with Crippen LogP contribution in [0.25, 0.3) is 0 Å². The predicted molar refractivity (Wildman–Crippen MR) is 128 cm³/mol. The van der Waals surface area contributed by atoms with Crippen LogP contribution in [0.1, 0.15) is 18.7 Å². The van der Waals surface area contributed by atoms with Gasteiger partial charge < -0.3 is 31.6 Å². The van der Waals surface area contributed by atoms with Crippen LogP contribution in [0.15, 0.2) is 28.1 Å². The highest BCUT2D eigenvalue weighted by Gasteiger charge is 2.54. The third-order valence-electron chi connectivity index (χ3n) is 6.44. The molecule has 4 aliphatic rings. The summed E-state index contributed by atoms with van der Waals surface area (Å²) >= 11 is 2.07. The molecule has 1 aromatic heterocycles. The molecule has 0 aromatic carbocycles. The van der Waals surface area contributed by atoms with E-state index in [1.807, 2.05) is 4.90 Å². The number of aromatic nitrogens is 2. The number of anilines is 1. The molecule has 4 aliphatic heterocycles. The molecule has 3 saturated heterocycles. The number of β-lactam (4-membered cyclic amide) rings is 1. The van der Waals surface area contributed by atoms with Gasteiger partial charge in [-0.2, -0.15) is 9.36 Å². The van der Waals surface area contributed by atoms with Gasteiger partial charge in [0.1, 0.15) is 17.1 Å². The molecule has 14 nitrogen and oxygen atoms in total. The van der Waals surface area contributed by atoms with Gasteiger partial charge in [0.2, 0.25) is 17.4 Å². The van der Waals surface area contributed by atoms with Gasteiger partial charge in [-0.15, -0.1) is 11.8 Å². The van der Waals surface area contributed by atoms with Crippen molar-refractivity contribution in [2.75, 3.05) is 31.1 Å². The number of aliphatic carboxylic acids is 1. The minimum Gasteiger partial charge on any atom is -0.477 e. The van der Waals surface area contributed by atoms with Gasteiger partial charge in [0.25, 0.3) is 11.8 Å². The van der Waals surface area contributed by atoms with Crippen LogP contribution in [0, 0.1) is 0 Å². The van der Waals surface area contributed by atoms with Crippen LogP contribution in [-0.4, -0.2) is 102 Å². The topological polar surface area (TPSA) is 203 Å². The lowest BCUT2D eigenvalue weighted by Gasteiger charge is -2.49. The summed E-state index contributed by atoms with van der Waals surface area (Å²) in [7, 11) is 0. The van der Waals surface area contributed by atoms with Gasteiger partial charge in [0, 0.05) is 42.0 Å².